The second kappa shape index (κ2) is 3.71. The molecule has 0 fully saturated rings. The first-order valence-electron chi connectivity index (χ1n) is 0.597. The third kappa shape index (κ3) is 126. The minimum atomic E-state index is -3.88. The van der Waals surface area contributed by atoms with Gasteiger partial charge in [0.15, 0.2) is 0 Å². The molecule has 0 amide bonds. The van der Waals surface area contributed by atoms with Crippen molar-refractivity contribution in [2.24, 2.45) is 0 Å². The molecule has 0 rings (SSSR count). The zero-order chi connectivity index (χ0) is 3.58. The minimum absolute atomic E-state index is 0. The van der Waals surface area contributed by atoms with E-state index in [0.29, 0.717) is 0 Å². The lowest BCUT2D eigenvalue weighted by molar-refractivity contribution is -0.214. The summed E-state index contributed by atoms with van der Waals surface area (Å²) in [6.45, 7) is 0. The van der Waals surface area contributed by atoms with Crippen LogP contribution in [0.15, 0.2) is 0 Å². The Balaban J connectivity index is 0. The molecule has 0 spiro atoms. The third-order valence-electron chi connectivity index (χ3n) is 0. The molecule has 5 heavy (non-hydrogen) atoms. The van der Waals surface area contributed by atoms with E-state index in [2.05, 4.69) is 0 Å². The molecule has 5 heteroatoms. The average molecular weight is 97.1 g/mol. The molecule has 4 N–H and O–H groups in total. The van der Waals surface area contributed by atoms with Gasteiger partial charge in [0.2, 0.25) is 0 Å². The van der Waals surface area contributed by atoms with Crippen molar-refractivity contribution in [1.82, 2.24) is 6.15 Å². The molecule has 0 aliphatic carbocycles. The first kappa shape index (κ1) is 8.83. The van der Waals surface area contributed by atoms with Gasteiger partial charge in [-0.3, -0.25) is 4.11 Å². The van der Waals surface area contributed by atoms with Crippen LogP contribution in [0.2, 0.25) is 0 Å². The van der Waals surface area contributed by atoms with E-state index in [0.717, 1.165) is 0 Å². The number of quaternary nitrogens is 1. The molecule has 0 saturated heterocycles. The summed E-state index contributed by atoms with van der Waals surface area (Å²) in [7, 11) is -3.88. The quantitative estimate of drug-likeness (QED) is 0.314. The molecule has 0 radical (unpaired) electrons. The molecular weight excluding hydrogens is 93.1 g/mol. The van der Waals surface area contributed by atoms with Crippen LogP contribution >= 0.6 is 0 Å². The Morgan fingerprint density at radius 3 is 1.80 bits per heavy atom. The Morgan fingerprint density at radius 2 is 1.80 bits per heavy atom. The van der Waals surface area contributed by atoms with Gasteiger partial charge in [0.25, 0.3) is 0 Å². The highest BCUT2D eigenvalue weighted by atomic mass is 28.3. The van der Waals surface area contributed by atoms with E-state index in [1.165, 1.54) is 0 Å². The van der Waals surface area contributed by atoms with E-state index in [4.69, 9.17) is 9.26 Å². The van der Waals surface area contributed by atoms with Gasteiger partial charge < -0.3 is 15.4 Å². The first-order valence-corrected chi connectivity index (χ1v) is 1.79. The van der Waals surface area contributed by atoms with Gasteiger partial charge in [-0.25, -0.2) is 0 Å². The minimum Gasteiger partial charge on any atom is -0.560 e. The van der Waals surface area contributed by atoms with Crippen molar-refractivity contribution in [2.45, 2.75) is 0 Å². The summed E-state index contributed by atoms with van der Waals surface area (Å²) in [4.78, 5) is 8.41. The van der Waals surface area contributed by atoms with E-state index >= 15 is 0 Å². The van der Waals surface area contributed by atoms with Crippen LogP contribution in [0.1, 0.15) is 0 Å². The van der Waals surface area contributed by atoms with E-state index < -0.39 is 9.26 Å². The number of halogens is 1. The zero-order valence-corrected chi connectivity index (χ0v) is 3.69. The summed E-state index contributed by atoms with van der Waals surface area (Å²) >= 11 is 0. The summed E-state index contributed by atoms with van der Waals surface area (Å²) in [5.41, 5.74) is 0. The molecule has 0 aromatic heterocycles. The molecule has 0 aromatic rings. The SMILES string of the molecule is O=[Si]([O-])F.[NH4+]. The monoisotopic (exact) mass is 97.0 g/mol. The summed E-state index contributed by atoms with van der Waals surface area (Å²) < 4.78 is 18.4. The van der Waals surface area contributed by atoms with Crippen LogP contribution in [0.4, 0.5) is 4.11 Å². The van der Waals surface area contributed by atoms with Gasteiger partial charge >= 0.3 is 9.26 Å². The van der Waals surface area contributed by atoms with Crippen LogP contribution in [0.5, 0.6) is 0 Å². The summed E-state index contributed by atoms with van der Waals surface area (Å²) in [6, 6.07) is 0. The topological polar surface area (TPSA) is 76.6 Å². The summed E-state index contributed by atoms with van der Waals surface area (Å²) in [6.07, 6.45) is 0. The molecule has 0 aromatic carbocycles. The van der Waals surface area contributed by atoms with Gasteiger partial charge in [-0.05, 0) is 0 Å². The molecule has 0 heterocycles. The maximum absolute atomic E-state index is 9.99. The van der Waals surface area contributed by atoms with E-state index in [9.17, 15) is 4.11 Å². The Hall–Kier alpha value is -0.293. The molecular formula is H4FNO2Si. The Kier molecular flexibility index (Phi) is 6.54. The van der Waals surface area contributed by atoms with Gasteiger partial charge in [0.1, 0.15) is 0 Å². The highest BCUT2D eigenvalue weighted by molar-refractivity contribution is 6.20. The van der Waals surface area contributed by atoms with Crippen molar-refractivity contribution in [3.63, 3.8) is 0 Å². The second-order valence-corrected chi connectivity index (χ2v) is 0.713. The van der Waals surface area contributed by atoms with Crippen LogP contribution in [0.3, 0.4) is 0 Å². The van der Waals surface area contributed by atoms with Crippen molar-refractivity contribution in [1.29, 1.82) is 0 Å². The van der Waals surface area contributed by atoms with E-state index in [1.807, 2.05) is 0 Å². The van der Waals surface area contributed by atoms with Crippen LogP contribution < -0.4 is 10.9 Å². The van der Waals surface area contributed by atoms with Crippen molar-refractivity contribution < 1.29 is 13.4 Å². The highest BCUT2D eigenvalue weighted by Gasteiger charge is 1.61. The van der Waals surface area contributed by atoms with Crippen molar-refractivity contribution in [3.05, 3.63) is 0 Å². The van der Waals surface area contributed by atoms with Gasteiger partial charge in [-0.2, -0.15) is 0 Å². The fourth-order valence-electron chi connectivity index (χ4n) is 0. The highest BCUT2D eigenvalue weighted by Crippen LogP contribution is 1.38. The lowest BCUT2D eigenvalue weighted by Gasteiger charge is -1.67. The fraction of sp³-hybridized carbons (Fsp3) is 0. The summed E-state index contributed by atoms with van der Waals surface area (Å²) in [5.74, 6) is 0. The van der Waals surface area contributed by atoms with Crippen LogP contribution in [0, 0.1) is 0 Å². The predicted octanol–water partition coefficient (Wildman–Crippen LogP) is -0.892. The van der Waals surface area contributed by atoms with Gasteiger partial charge in [-0.15, -0.1) is 0 Å². The molecule has 0 unspecified atom stereocenters. The molecule has 0 atom stereocenters. The smallest absolute Gasteiger partial charge is 0.376 e. The van der Waals surface area contributed by atoms with Crippen molar-refractivity contribution >= 4 is 9.26 Å². The Morgan fingerprint density at radius 1 is 1.80 bits per heavy atom. The van der Waals surface area contributed by atoms with Crippen molar-refractivity contribution in [2.75, 3.05) is 0 Å². The zero-order valence-electron chi connectivity index (χ0n) is 2.69. The van der Waals surface area contributed by atoms with Gasteiger partial charge in [0, 0.05) is 0 Å². The maximum atomic E-state index is 9.99. The molecule has 0 aliphatic rings. The number of rotatable bonds is 0. The van der Waals surface area contributed by atoms with Gasteiger partial charge in [0.05, 0.1) is 0 Å². The van der Waals surface area contributed by atoms with E-state index in [-0.39, 0.29) is 6.15 Å². The molecule has 0 bridgehead atoms. The molecule has 32 valence electrons. The lowest BCUT2D eigenvalue weighted by Crippen LogP contribution is -2.11. The third-order valence-corrected chi connectivity index (χ3v) is 0. The molecule has 0 saturated carbocycles. The van der Waals surface area contributed by atoms with Crippen molar-refractivity contribution in [3.8, 4) is 0 Å². The maximum Gasteiger partial charge on any atom is 0.376 e. The van der Waals surface area contributed by atoms with E-state index in [1.54, 1.807) is 0 Å². The predicted molar refractivity (Wildman–Crippen MR) is 13.5 cm³/mol. The van der Waals surface area contributed by atoms with Crippen LogP contribution in [-0.2, 0) is 4.46 Å². The number of hydrogen-bond donors (Lipinski definition) is 1. The van der Waals surface area contributed by atoms with Gasteiger partial charge in [-0.1, -0.05) is 0 Å². The lowest BCUT2D eigenvalue weighted by atomic mass is 14.0. The largest absolute Gasteiger partial charge is 0.560 e. The Bertz CT molecular complexity index is 32.6. The Labute approximate surface area is 30.0 Å². The molecule has 0 aliphatic heterocycles. The second-order valence-electron chi connectivity index (χ2n) is 0.238. The first-order chi connectivity index (χ1) is 1.73. The fourth-order valence-corrected chi connectivity index (χ4v) is 0. The molecule has 3 nitrogen and oxygen atoms in total. The summed E-state index contributed by atoms with van der Waals surface area (Å²) in [5, 5.41) is 0. The average Bonchev–Trinajstić information content (AvgIpc) is 0.811. The standard InChI is InChI=1S/FO2Si.H3N/c1-4(2)3;/h;1H3/q-1;/p+1. The normalized spacial score (nSPS) is 5.00. The van der Waals surface area contributed by atoms with Crippen LogP contribution in [0.25, 0.3) is 0 Å². The van der Waals surface area contributed by atoms with Crippen LogP contribution in [-0.4, -0.2) is 9.26 Å². The number of hydrogen-bond acceptors (Lipinski definition) is 2.